The molecular weight excluding hydrogens is 376 g/mol. The number of carbonyl (C=O) groups excluding carboxylic acids is 1. The van der Waals surface area contributed by atoms with Crippen molar-refractivity contribution in [3.05, 3.63) is 82.1 Å². The van der Waals surface area contributed by atoms with E-state index in [0.717, 1.165) is 22.4 Å². The summed E-state index contributed by atoms with van der Waals surface area (Å²) >= 11 is 0. The normalized spacial score (nSPS) is 20.0. The molecule has 5 heteroatoms. The van der Waals surface area contributed by atoms with Crippen LogP contribution in [0, 0.1) is 0 Å². The molecule has 5 rings (SSSR count). The maximum absolute atomic E-state index is 13.7. The number of pyridine rings is 1. The molecule has 1 amide bonds. The summed E-state index contributed by atoms with van der Waals surface area (Å²) in [6.45, 7) is 5.55. The van der Waals surface area contributed by atoms with E-state index in [9.17, 15) is 9.59 Å². The van der Waals surface area contributed by atoms with Crippen molar-refractivity contribution < 1.29 is 9.53 Å². The Balaban J connectivity index is 1.71. The van der Waals surface area contributed by atoms with Crippen LogP contribution in [0.1, 0.15) is 29.8 Å². The van der Waals surface area contributed by atoms with Gasteiger partial charge in [0.25, 0.3) is 11.5 Å². The van der Waals surface area contributed by atoms with Crippen molar-refractivity contribution >= 4 is 5.91 Å². The number of ether oxygens (including phenoxy) is 1. The highest BCUT2D eigenvalue weighted by atomic mass is 16.5. The van der Waals surface area contributed by atoms with Gasteiger partial charge in [0.1, 0.15) is 0 Å². The minimum atomic E-state index is -0.0623. The van der Waals surface area contributed by atoms with E-state index in [0.29, 0.717) is 30.8 Å². The second-order valence-electron chi connectivity index (χ2n) is 8.20. The number of amides is 1. The molecule has 30 heavy (non-hydrogen) atoms. The summed E-state index contributed by atoms with van der Waals surface area (Å²) in [4.78, 5) is 29.0. The van der Waals surface area contributed by atoms with E-state index < -0.39 is 0 Å². The van der Waals surface area contributed by atoms with Crippen molar-refractivity contribution in [3.8, 4) is 22.4 Å². The first-order valence-electron chi connectivity index (χ1n) is 10.4. The van der Waals surface area contributed by atoms with Gasteiger partial charge in [0.2, 0.25) is 0 Å². The average molecular weight is 400 g/mol. The summed E-state index contributed by atoms with van der Waals surface area (Å²) in [5.41, 5.74) is 4.67. The van der Waals surface area contributed by atoms with Crippen molar-refractivity contribution in [2.75, 3.05) is 13.1 Å². The van der Waals surface area contributed by atoms with Crippen LogP contribution in [-0.2, 0) is 11.3 Å². The van der Waals surface area contributed by atoms with E-state index in [1.807, 2.05) is 73.3 Å². The van der Waals surface area contributed by atoms with Gasteiger partial charge in [0, 0.05) is 24.2 Å². The Labute approximate surface area is 175 Å². The maximum atomic E-state index is 13.7. The Morgan fingerprint density at radius 3 is 2.33 bits per heavy atom. The number of hydrogen-bond acceptors (Lipinski definition) is 3. The maximum Gasteiger partial charge on any atom is 0.259 e. The van der Waals surface area contributed by atoms with Gasteiger partial charge in [-0.25, -0.2) is 0 Å². The van der Waals surface area contributed by atoms with Gasteiger partial charge in [-0.1, -0.05) is 54.6 Å². The predicted molar refractivity (Wildman–Crippen MR) is 117 cm³/mol. The summed E-state index contributed by atoms with van der Waals surface area (Å²) < 4.78 is 7.57. The third kappa shape index (κ3) is 3.06. The van der Waals surface area contributed by atoms with Gasteiger partial charge in [-0.05, 0) is 31.0 Å². The zero-order chi connectivity index (χ0) is 20.8. The molecule has 0 aliphatic carbocycles. The van der Waals surface area contributed by atoms with E-state index >= 15 is 0 Å². The van der Waals surface area contributed by atoms with Gasteiger partial charge < -0.3 is 14.2 Å². The van der Waals surface area contributed by atoms with Crippen molar-refractivity contribution in [2.24, 2.45) is 0 Å². The largest absolute Gasteiger partial charge is 0.372 e. The number of aromatic nitrogens is 1. The van der Waals surface area contributed by atoms with Crippen LogP contribution in [0.4, 0.5) is 0 Å². The number of hydrogen-bond donors (Lipinski definition) is 0. The molecular formula is C25H24N2O3. The van der Waals surface area contributed by atoms with Crippen LogP contribution in [0.5, 0.6) is 0 Å². The standard InChI is InChI=1S/C25H24N2O3/c1-16-13-26(14-17(2)30-16)24(28)22-12-21(18-8-4-3-5-9-18)25(29)27-15-19-10-6-7-11-20(19)23(22)27/h3-12,16-17H,13-15H2,1-2H3. The van der Waals surface area contributed by atoms with E-state index in [2.05, 4.69) is 0 Å². The summed E-state index contributed by atoms with van der Waals surface area (Å²) in [5, 5.41) is 0. The highest BCUT2D eigenvalue weighted by Crippen LogP contribution is 2.35. The van der Waals surface area contributed by atoms with Crippen LogP contribution in [-0.4, -0.2) is 40.7 Å². The van der Waals surface area contributed by atoms with Crippen molar-refractivity contribution in [1.82, 2.24) is 9.47 Å². The zero-order valence-electron chi connectivity index (χ0n) is 17.2. The molecule has 5 nitrogen and oxygen atoms in total. The number of carbonyl (C=O) groups is 1. The summed E-state index contributed by atoms with van der Waals surface area (Å²) in [6, 6.07) is 19.3. The fourth-order valence-corrected chi connectivity index (χ4v) is 4.67. The van der Waals surface area contributed by atoms with E-state index in [1.54, 1.807) is 10.6 Å². The second kappa shape index (κ2) is 7.26. The lowest BCUT2D eigenvalue weighted by molar-refractivity contribution is -0.0586. The summed E-state index contributed by atoms with van der Waals surface area (Å²) in [7, 11) is 0. The van der Waals surface area contributed by atoms with Crippen LogP contribution < -0.4 is 5.56 Å². The lowest BCUT2D eigenvalue weighted by Crippen LogP contribution is -2.48. The van der Waals surface area contributed by atoms with Crippen LogP contribution in [0.3, 0.4) is 0 Å². The van der Waals surface area contributed by atoms with Crippen molar-refractivity contribution in [2.45, 2.75) is 32.6 Å². The number of fused-ring (bicyclic) bond motifs is 3. The fraction of sp³-hybridized carbons (Fsp3) is 0.280. The molecule has 2 aromatic carbocycles. The topological polar surface area (TPSA) is 51.5 Å². The molecule has 0 bridgehead atoms. The van der Waals surface area contributed by atoms with Gasteiger partial charge in [-0.15, -0.1) is 0 Å². The van der Waals surface area contributed by atoms with Gasteiger partial charge in [0.15, 0.2) is 0 Å². The Kier molecular flexibility index (Phi) is 4.55. The lowest BCUT2D eigenvalue weighted by Gasteiger charge is -2.35. The molecule has 3 aromatic rings. The predicted octanol–water partition coefficient (Wildman–Crippen LogP) is 3.79. The lowest BCUT2D eigenvalue weighted by atomic mass is 9.99. The average Bonchev–Trinajstić information content (AvgIpc) is 3.14. The molecule has 1 aromatic heterocycles. The Bertz CT molecular complexity index is 1170. The molecule has 2 unspecified atom stereocenters. The fourth-order valence-electron chi connectivity index (χ4n) is 4.67. The monoisotopic (exact) mass is 400 g/mol. The molecule has 0 radical (unpaired) electrons. The van der Waals surface area contributed by atoms with Crippen molar-refractivity contribution in [1.29, 1.82) is 0 Å². The van der Waals surface area contributed by atoms with Crippen LogP contribution in [0.25, 0.3) is 22.4 Å². The first kappa shape index (κ1) is 18.8. The molecule has 2 aliphatic rings. The van der Waals surface area contributed by atoms with Crippen molar-refractivity contribution in [3.63, 3.8) is 0 Å². The number of rotatable bonds is 2. The summed E-state index contributed by atoms with van der Waals surface area (Å²) in [6.07, 6.45) is -0.0314. The van der Waals surface area contributed by atoms with E-state index in [4.69, 9.17) is 4.74 Å². The third-order valence-corrected chi connectivity index (χ3v) is 5.91. The smallest absolute Gasteiger partial charge is 0.259 e. The second-order valence-corrected chi connectivity index (χ2v) is 8.20. The molecule has 1 saturated heterocycles. The molecule has 3 heterocycles. The summed E-state index contributed by atoms with van der Waals surface area (Å²) in [5.74, 6) is -0.0466. The highest BCUT2D eigenvalue weighted by Gasteiger charge is 2.32. The van der Waals surface area contributed by atoms with Gasteiger partial charge in [-0.3, -0.25) is 9.59 Å². The molecule has 2 aliphatic heterocycles. The number of morpholine rings is 1. The van der Waals surface area contributed by atoms with Gasteiger partial charge in [-0.2, -0.15) is 0 Å². The SMILES string of the molecule is CC1CN(C(=O)c2cc(-c3ccccc3)c(=O)n3c2-c2ccccc2C3)CC(C)O1. The zero-order valence-corrected chi connectivity index (χ0v) is 17.2. The number of benzene rings is 2. The number of nitrogens with zero attached hydrogens (tertiary/aromatic N) is 2. The Morgan fingerprint density at radius 1 is 0.933 bits per heavy atom. The minimum absolute atomic E-state index is 0.0157. The van der Waals surface area contributed by atoms with Gasteiger partial charge in [0.05, 0.1) is 30.0 Å². The molecule has 152 valence electrons. The first-order chi connectivity index (χ1) is 14.5. The highest BCUT2D eigenvalue weighted by molar-refractivity contribution is 6.02. The quantitative estimate of drug-likeness (QED) is 0.514. The molecule has 2 atom stereocenters. The third-order valence-electron chi connectivity index (χ3n) is 5.91. The van der Waals surface area contributed by atoms with Crippen LogP contribution >= 0.6 is 0 Å². The Morgan fingerprint density at radius 2 is 1.60 bits per heavy atom. The molecule has 0 N–H and O–H groups in total. The Hall–Kier alpha value is -3.18. The first-order valence-corrected chi connectivity index (χ1v) is 10.4. The molecule has 0 saturated carbocycles. The van der Waals surface area contributed by atoms with Crippen LogP contribution in [0.15, 0.2) is 65.5 Å². The van der Waals surface area contributed by atoms with E-state index in [1.165, 1.54) is 0 Å². The minimum Gasteiger partial charge on any atom is -0.372 e. The molecule has 0 spiro atoms. The van der Waals surface area contributed by atoms with Gasteiger partial charge >= 0.3 is 0 Å². The van der Waals surface area contributed by atoms with E-state index in [-0.39, 0.29) is 23.7 Å². The van der Waals surface area contributed by atoms with Crippen LogP contribution in [0.2, 0.25) is 0 Å². The molecule has 1 fully saturated rings.